The highest BCUT2D eigenvalue weighted by molar-refractivity contribution is 6.07. The van der Waals surface area contributed by atoms with E-state index < -0.39 is 10.8 Å². The minimum Gasteiger partial charge on any atom is -0.493 e. The van der Waals surface area contributed by atoms with E-state index >= 15 is 0 Å². The van der Waals surface area contributed by atoms with E-state index in [-0.39, 0.29) is 22.3 Å². The van der Waals surface area contributed by atoms with E-state index in [0.29, 0.717) is 27.8 Å². The van der Waals surface area contributed by atoms with Crippen LogP contribution in [0.1, 0.15) is 10.4 Å². The van der Waals surface area contributed by atoms with Crippen molar-refractivity contribution in [1.29, 1.82) is 0 Å². The molecule has 29 heavy (non-hydrogen) atoms. The van der Waals surface area contributed by atoms with Crippen molar-refractivity contribution in [2.24, 2.45) is 0 Å². The Bertz CT molecular complexity index is 1340. The van der Waals surface area contributed by atoms with Crippen molar-refractivity contribution in [1.82, 2.24) is 0 Å². The van der Waals surface area contributed by atoms with Gasteiger partial charge in [-0.15, -0.1) is 0 Å². The summed E-state index contributed by atoms with van der Waals surface area (Å²) in [5, 5.41) is 14.5. The maximum Gasteiger partial charge on any atom is 0.282 e. The van der Waals surface area contributed by atoms with Crippen LogP contribution in [0, 0.1) is 10.1 Å². The molecule has 0 unspecified atom stereocenters. The van der Waals surface area contributed by atoms with Crippen LogP contribution in [0.3, 0.4) is 0 Å². The number of fused-ring (bicyclic) bond motifs is 2. The quantitative estimate of drug-likeness (QED) is 0.319. The maximum atomic E-state index is 12.8. The highest BCUT2D eigenvalue weighted by atomic mass is 16.6. The van der Waals surface area contributed by atoms with Crippen molar-refractivity contribution in [2.45, 2.75) is 0 Å². The second-order valence-electron chi connectivity index (χ2n) is 6.21. The Balaban J connectivity index is 1.78. The van der Waals surface area contributed by atoms with Crippen LogP contribution in [0.25, 0.3) is 21.9 Å². The lowest BCUT2D eigenvalue weighted by Gasteiger charge is -2.08. The number of nitro groups is 1. The highest BCUT2D eigenvalue weighted by Gasteiger charge is 2.19. The molecule has 4 rings (SSSR count). The first-order chi connectivity index (χ1) is 14.0. The lowest BCUT2D eigenvalue weighted by Crippen LogP contribution is -2.14. The van der Waals surface area contributed by atoms with Gasteiger partial charge in [-0.2, -0.15) is 0 Å². The molecule has 1 heterocycles. The fourth-order valence-electron chi connectivity index (χ4n) is 3.11. The van der Waals surface area contributed by atoms with E-state index in [1.807, 2.05) is 0 Å². The van der Waals surface area contributed by atoms with Crippen molar-refractivity contribution in [2.75, 3.05) is 12.4 Å². The van der Waals surface area contributed by atoms with Gasteiger partial charge in [-0.25, -0.2) is 0 Å². The average Bonchev–Trinajstić information content (AvgIpc) is 2.73. The van der Waals surface area contributed by atoms with Crippen molar-refractivity contribution >= 4 is 39.2 Å². The van der Waals surface area contributed by atoms with Gasteiger partial charge in [0, 0.05) is 17.8 Å². The lowest BCUT2D eigenvalue weighted by atomic mass is 10.1. The number of anilines is 1. The van der Waals surface area contributed by atoms with Gasteiger partial charge in [-0.3, -0.25) is 19.7 Å². The summed E-state index contributed by atoms with van der Waals surface area (Å²) in [6.45, 7) is 0. The number of hydrogen-bond acceptors (Lipinski definition) is 6. The second-order valence-corrected chi connectivity index (χ2v) is 6.21. The summed E-state index contributed by atoms with van der Waals surface area (Å²) in [7, 11) is 1.47. The second kappa shape index (κ2) is 7.08. The number of methoxy groups -OCH3 is 1. The van der Waals surface area contributed by atoms with Crippen LogP contribution >= 0.6 is 0 Å². The lowest BCUT2D eigenvalue weighted by molar-refractivity contribution is -0.385. The minimum atomic E-state index is -0.641. The van der Waals surface area contributed by atoms with Crippen LogP contribution in [-0.4, -0.2) is 17.9 Å². The van der Waals surface area contributed by atoms with Gasteiger partial charge in [-0.1, -0.05) is 18.2 Å². The molecule has 8 nitrogen and oxygen atoms in total. The Morgan fingerprint density at radius 1 is 1.07 bits per heavy atom. The number of hydrogen-bond donors (Lipinski definition) is 1. The number of nitrogens with zero attached hydrogens (tertiary/aromatic N) is 1. The molecule has 0 atom stereocenters. The molecule has 0 aliphatic heterocycles. The van der Waals surface area contributed by atoms with E-state index in [2.05, 4.69) is 5.32 Å². The standard InChI is InChI=1S/C21H14N2O6/c1-28-17-8-4-6-15-19(24)14-10-9-12(11-18(14)29-20(15)17)22-21(25)13-5-2-3-7-16(13)23(26)27/h2-11H,1H3,(H,22,25). The summed E-state index contributed by atoms with van der Waals surface area (Å²) in [5.74, 6) is -0.229. The maximum absolute atomic E-state index is 12.8. The molecule has 0 aliphatic carbocycles. The SMILES string of the molecule is COc1cccc2c(=O)c3ccc(NC(=O)c4ccccc4[N+](=O)[O-])cc3oc12. The molecule has 0 saturated heterocycles. The molecule has 144 valence electrons. The molecular weight excluding hydrogens is 376 g/mol. The monoisotopic (exact) mass is 390 g/mol. The summed E-state index contributed by atoms with van der Waals surface area (Å²) in [5.41, 5.74) is 0.295. The molecule has 0 radical (unpaired) electrons. The van der Waals surface area contributed by atoms with Crippen molar-refractivity contribution in [3.05, 3.63) is 86.6 Å². The van der Waals surface area contributed by atoms with Crippen LogP contribution in [0.15, 0.2) is 69.9 Å². The van der Waals surface area contributed by atoms with E-state index in [4.69, 9.17) is 9.15 Å². The fraction of sp³-hybridized carbons (Fsp3) is 0.0476. The number of para-hydroxylation sites is 2. The Hall–Kier alpha value is -4.20. The molecule has 0 spiro atoms. The summed E-state index contributed by atoms with van der Waals surface area (Å²) in [4.78, 5) is 35.8. The van der Waals surface area contributed by atoms with Gasteiger partial charge in [0.25, 0.3) is 11.6 Å². The molecule has 1 N–H and O–H groups in total. The van der Waals surface area contributed by atoms with Crippen LogP contribution in [0.4, 0.5) is 11.4 Å². The number of amides is 1. The van der Waals surface area contributed by atoms with Gasteiger partial charge in [0.1, 0.15) is 11.1 Å². The van der Waals surface area contributed by atoms with Crippen LogP contribution in [0.5, 0.6) is 5.75 Å². The number of nitro benzene ring substituents is 1. The zero-order valence-corrected chi connectivity index (χ0v) is 15.2. The Kier molecular flexibility index (Phi) is 4.44. The van der Waals surface area contributed by atoms with Crippen molar-refractivity contribution < 1.29 is 18.9 Å². The summed E-state index contributed by atoms with van der Waals surface area (Å²) in [6, 6.07) is 15.2. The van der Waals surface area contributed by atoms with Gasteiger partial charge in [0.15, 0.2) is 11.3 Å². The molecule has 0 aliphatic rings. The third-order valence-corrected chi connectivity index (χ3v) is 4.48. The third kappa shape index (κ3) is 3.16. The number of carbonyl (C=O) groups is 1. The molecule has 0 saturated carbocycles. The first-order valence-corrected chi connectivity index (χ1v) is 8.58. The number of ether oxygens (including phenoxy) is 1. The van der Waals surface area contributed by atoms with E-state index in [1.54, 1.807) is 24.3 Å². The van der Waals surface area contributed by atoms with E-state index in [0.717, 1.165) is 0 Å². The molecule has 3 aromatic carbocycles. The molecule has 8 heteroatoms. The normalized spacial score (nSPS) is 10.8. The molecule has 1 aromatic heterocycles. The number of rotatable bonds is 4. The van der Waals surface area contributed by atoms with Crippen molar-refractivity contribution in [3.63, 3.8) is 0 Å². The Morgan fingerprint density at radius 3 is 2.62 bits per heavy atom. The number of benzene rings is 3. The predicted octanol–water partition coefficient (Wildman–Crippen LogP) is 4.12. The van der Waals surface area contributed by atoms with Crippen LogP contribution < -0.4 is 15.5 Å². The highest BCUT2D eigenvalue weighted by Crippen LogP contribution is 2.28. The van der Waals surface area contributed by atoms with Gasteiger partial charge in [0.05, 0.1) is 22.8 Å². The van der Waals surface area contributed by atoms with Gasteiger partial charge >= 0.3 is 0 Å². The van der Waals surface area contributed by atoms with E-state index in [1.165, 1.54) is 43.5 Å². The minimum absolute atomic E-state index is 0.0702. The first kappa shape index (κ1) is 18.2. The predicted molar refractivity (Wildman–Crippen MR) is 108 cm³/mol. The Morgan fingerprint density at radius 2 is 1.86 bits per heavy atom. The number of nitrogens with one attached hydrogen (secondary N) is 1. The van der Waals surface area contributed by atoms with Gasteiger partial charge in [0.2, 0.25) is 5.43 Å². The van der Waals surface area contributed by atoms with Crippen LogP contribution in [-0.2, 0) is 0 Å². The number of carbonyl (C=O) groups excluding carboxylic acids is 1. The molecule has 1 amide bonds. The first-order valence-electron chi connectivity index (χ1n) is 8.58. The fourth-order valence-corrected chi connectivity index (χ4v) is 3.11. The summed E-state index contributed by atoms with van der Waals surface area (Å²) in [6.07, 6.45) is 0. The average molecular weight is 390 g/mol. The molecule has 0 fully saturated rings. The zero-order valence-electron chi connectivity index (χ0n) is 15.2. The topological polar surface area (TPSA) is 112 Å². The Labute approximate surface area is 163 Å². The molecule has 4 aromatic rings. The molecular formula is C21H14N2O6. The third-order valence-electron chi connectivity index (χ3n) is 4.48. The van der Waals surface area contributed by atoms with Gasteiger partial charge < -0.3 is 14.5 Å². The zero-order chi connectivity index (χ0) is 20.5. The smallest absolute Gasteiger partial charge is 0.282 e. The summed E-state index contributed by atoms with van der Waals surface area (Å²) < 4.78 is 11.1. The largest absolute Gasteiger partial charge is 0.493 e. The van der Waals surface area contributed by atoms with Crippen LogP contribution in [0.2, 0.25) is 0 Å². The van der Waals surface area contributed by atoms with E-state index in [9.17, 15) is 19.7 Å². The van der Waals surface area contributed by atoms with Crippen molar-refractivity contribution in [3.8, 4) is 5.75 Å². The molecule has 0 bridgehead atoms. The van der Waals surface area contributed by atoms with Gasteiger partial charge in [-0.05, 0) is 30.3 Å². The summed E-state index contributed by atoms with van der Waals surface area (Å²) >= 11 is 0.